The summed E-state index contributed by atoms with van der Waals surface area (Å²) in [6.07, 6.45) is 2.27. The lowest BCUT2D eigenvalue weighted by atomic mass is 10.0. The number of carbonyl (C=O) groups is 2. The second-order valence-corrected chi connectivity index (χ2v) is 7.76. The van der Waals surface area contributed by atoms with E-state index in [0.29, 0.717) is 30.2 Å². The first-order valence-electron chi connectivity index (χ1n) is 10.2. The molecule has 2 aliphatic heterocycles. The van der Waals surface area contributed by atoms with E-state index in [1.807, 2.05) is 4.90 Å². The number of hydrogen-bond donors (Lipinski definition) is 2. The molecule has 0 bridgehead atoms. The minimum Gasteiger partial charge on any atom is -0.442 e. The number of anilines is 2. The van der Waals surface area contributed by atoms with Gasteiger partial charge >= 0.3 is 6.09 Å². The van der Waals surface area contributed by atoms with Gasteiger partial charge in [0, 0.05) is 20.0 Å². The summed E-state index contributed by atoms with van der Waals surface area (Å²) >= 11 is 0. The van der Waals surface area contributed by atoms with Gasteiger partial charge in [0.1, 0.15) is 17.6 Å². The van der Waals surface area contributed by atoms with E-state index in [4.69, 9.17) is 9.84 Å². The number of rotatable bonds is 6. The van der Waals surface area contributed by atoms with Crippen LogP contribution < -0.4 is 15.1 Å². The van der Waals surface area contributed by atoms with Gasteiger partial charge in [-0.3, -0.25) is 9.69 Å². The second kappa shape index (κ2) is 8.88. The second-order valence-electron chi connectivity index (χ2n) is 7.76. The van der Waals surface area contributed by atoms with E-state index in [-0.39, 0.29) is 31.6 Å². The Morgan fingerprint density at radius 1 is 1.35 bits per heavy atom. The summed E-state index contributed by atoms with van der Waals surface area (Å²) < 4.78 is 21.9. The maximum Gasteiger partial charge on any atom is 0.414 e. The van der Waals surface area contributed by atoms with Crippen LogP contribution in [-0.2, 0) is 16.1 Å². The number of aliphatic hydroxyl groups is 1. The van der Waals surface area contributed by atoms with Crippen molar-refractivity contribution in [3.8, 4) is 0 Å². The Kier molecular flexibility index (Phi) is 6.03. The molecule has 4 rings (SSSR count). The molecule has 2 amide bonds. The number of nitrogens with one attached hydrogen (secondary N) is 1. The largest absolute Gasteiger partial charge is 0.442 e. The molecule has 11 heteroatoms. The Morgan fingerprint density at radius 2 is 2.13 bits per heavy atom. The van der Waals surface area contributed by atoms with Crippen molar-refractivity contribution in [1.29, 1.82) is 0 Å². The molecule has 166 valence electrons. The van der Waals surface area contributed by atoms with Crippen molar-refractivity contribution in [3.63, 3.8) is 0 Å². The number of nitrogens with zero attached hydrogens (tertiary/aromatic N) is 5. The standard InChI is InChI=1S/C20H25FN6O4/c1-13(29)22-9-17-11-26(20(30)31-17)16-2-3-19(18(21)8-16)25-6-4-15(5-7-25)27-10-14(12-28)23-24-27/h2-3,8,10,15,17,28H,4-7,9,11-12H2,1H3,(H,22,29)/t17-/m0/s1. The molecule has 0 unspecified atom stereocenters. The van der Waals surface area contributed by atoms with Gasteiger partial charge in [-0.15, -0.1) is 5.10 Å². The van der Waals surface area contributed by atoms with E-state index in [1.54, 1.807) is 23.0 Å². The van der Waals surface area contributed by atoms with Crippen LogP contribution in [0.15, 0.2) is 24.4 Å². The van der Waals surface area contributed by atoms with E-state index >= 15 is 0 Å². The van der Waals surface area contributed by atoms with Gasteiger partial charge in [0.2, 0.25) is 5.91 Å². The molecule has 2 fully saturated rings. The van der Waals surface area contributed by atoms with E-state index in [9.17, 15) is 14.0 Å². The summed E-state index contributed by atoms with van der Waals surface area (Å²) in [5.41, 5.74) is 1.44. The third kappa shape index (κ3) is 4.61. The zero-order valence-electron chi connectivity index (χ0n) is 17.2. The Hall–Kier alpha value is -3.21. The summed E-state index contributed by atoms with van der Waals surface area (Å²) in [6, 6.07) is 4.89. The van der Waals surface area contributed by atoms with Gasteiger partial charge in [-0.1, -0.05) is 5.21 Å². The minimum atomic E-state index is -0.557. The number of aliphatic hydroxyl groups excluding tert-OH is 1. The maximum absolute atomic E-state index is 14.9. The molecule has 1 aromatic carbocycles. The van der Waals surface area contributed by atoms with Crippen LogP contribution in [0, 0.1) is 5.82 Å². The fourth-order valence-electron chi connectivity index (χ4n) is 3.95. The van der Waals surface area contributed by atoms with Crippen molar-refractivity contribution in [2.75, 3.05) is 36.0 Å². The Morgan fingerprint density at radius 3 is 2.77 bits per heavy atom. The SMILES string of the molecule is CC(=O)NC[C@H]1CN(c2ccc(N3CCC(n4cc(CO)nn4)CC3)c(F)c2)C(=O)O1. The van der Waals surface area contributed by atoms with Crippen LogP contribution in [0.5, 0.6) is 0 Å². The van der Waals surface area contributed by atoms with Crippen LogP contribution in [0.25, 0.3) is 0 Å². The van der Waals surface area contributed by atoms with Crippen molar-refractivity contribution in [2.24, 2.45) is 0 Å². The highest BCUT2D eigenvalue weighted by Crippen LogP contribution is 2.31. The van der Waals surface area contributed by atoms with E-state index in [0.717, 1.165) is 12.8 Å². The number of amides is 2. The van der Waals surface area contributed by atoms with Crippen molar-refractivity contribution >= 4 is 23.4 Å². The molecule has 0 radical (unpaired) electrons. The van der Waals surface area contributed by atoms with Gasteiger partial charge in [0.15, 0.2) is 0 Å². The van der Waals surface area contributed by atoms with Gasteiger partial charge in [-0.25, -0.2) is 13.9 Å². The van der Waals surface area contributed by atoms with Crippen LogP contribution in [0.1, 0.15) is 31.5 Å². The maximum atomic E-state index is 14.9. The number of cyclic esters (lactones) is 1. The Labute approximate surface area is 178 Å². The third-order valence-corrected chi connectivity index (χ3v) is 5.59. The van der Waals surface area contributed by atoms with Gasteiger partial charge in [-0.05, 0) is 31.0 Å². The van der Waals surface area contributed by atoms with E-state index in [2.05, 4.69) is 15.6 Å². The molecule has 0 saturated carbocycles. The fourth-order valence-corrected chi connectivity index (χ4v) is 3.95. The Balaban J connectivity index is 1.38. The zero-order chi connectivity index (χ0) is 22.0. The first-order valence-corrected chi connectivity index (χ1v) is 10.2. The average molecular weight is 432 g/mol. The number of ether oxygens (including phenoxy) is 1. The smallest absolute Gasteiger partial charge is 0.414 e. The Bertz CT molecular complexity index is 959. The molecule has 1 atom stereocenters. The quantitative estimate of drug-likeness (QED) is 0.706. The molecule has 0 aliphatic carbocycles. The monoisotopic (exact) mass is 432 g/mol. The van der Waals surface area contributed by atoms with Crippen molar-refractivity contribution in [3.05, 3.63) is 35.9 Å². The van der Waals surface area contributed by atoms with Gasteiger partial charge in [0.25, 0.3) is 0 Å². The molecule has 3 heterocycles. The third-order valence-electron chi connectivity index (χ3n) is 5.59. The first-order chi connectivity index (χ1) is 14.9. The number of aromatic nitrogens is 3. The number of piperidine rings is 1. The highest BCUT2D eigenvalue weighted by Gasteiger charge is 2.33. The van der Waals surface area contributed by atoms with Crippen LogP contribution in [-0.4, -0.2) is 64.4 Å². The minimum absolute atomic E-state index is 0.144. The molecular formula is C20H25FN6O4. The van der Waals surface area contributed by atoms with Crippen LogP contribution in [0.4, 0.5) is 20.6 Å². The fraction of sp³-hybridized carbons (Fsp3) is 0.500. The number of hydrogen-bond acceptors (Lipinski definition) is 7. The van der Waals surface area contributed by atoms with Crippen LogP contribution in [0.2, 0.25) is 0 Å². The van der Waals surface area contributed by atoms with E-state index < -0.39 is 18.0 Å². The summed E-state index contributed by atoms with van der Waals surface area (Å²) in [4.78, 5) is 26.5. The van der Waals surface area contributed by atoms with Gasteiger partial charge in [0.05, 0.1) is 43.3 Å². The molecule has 2 aliphatic rings. The molecule has 1 aromatic heterocycles. The molecule has 2 saturated heterocycles. The number of benzene rings is 1. The van der Waals surface area contributed by atoms with Crippen molar-refractivity contribution < 1.29 is 23.8 Å². The predicted octanol–water partition coefficient (Wildman–Crippen LogP) is 1.21. The van der Waals surface area contributed by atoms with Gasteiger partial charge < -0.3 is 20.1 Å². The first kappa shape index (κ1) is 21.0. The van der Waals surface area contributed by atoms with Crippen molar-refractivity contribution in [1.82, 2.24) is 20.3 Å². The van der Waals surface area contributed by atoms with Crippen LogP contribution >= 0.6 is 0 Å². The summed E-state index contributed by atoms with van der Waals surface area (Å²) in [5.74, 6) is -0.608. The molecule has 2 N–H and O–H groups in total. The van der Waals surface area contributed by atoms with Gasteiger partial charge in [-0.2, -0.15) is 0 Å². The topological polar surface area (TPSA) is 113 Å². The van der Waals surface area contributed by atoms with Crippen LogP contribution in [0.3, 0.4) is 0 Å². The predicted molar refractivity (Wildman–Crippen MR) is 109 cm³/mol. The molecule has 2 aromatic rings. The molecule has 31 heavy (non-hydrogen) atoms. The lowest BCUT2D eigenvalue weighted by molar-refractivity contribution is -0.119. The average Bonchev–Trinajstić information content (AvgIpc) is 3.39. The highest BCUT2D eigenvalue weighted by atomic mass is 19.1. The number of carbonyl (C=O) groups excluding carboxylic acids is 2. The lowest BCUT2D eigenvalue weighted by Gasteiger charge is -2.33. The number of halogens is 1. The van der Waals surface area contributed by atoms with Crippen molar-refractivity contribution in [2.45, 2.75) is 38.5 Å². The van der Waals surface area contributed by atoms with E-state index in [1.165, 1.54) is 17.9 Å². The highest BCUT2D eigenvalue weighted by molar-refractivity contribution is 5.90. The zero-order valence-corrected chi connectivity index (χ0v) is 17.2. The normalized spacial score (nSPS) is 19.6. The molecule has 0 spiro atoms. The summed E-state index contributed by atoms with van der Waals surface area (Å²) in [6.45, 7) is 3.02. The molecular weight excluding hydrogens is 407 g/mol. The summed E-state index contributed by atoms with van der Waals surface area (Å²) in [7, 11) is 0. The summed E-state index contributed by atoms with van der Waals surface area (Å²) in [5, 5.41) is 19.7. The molecule has 10 nitrogen and oxygen atoms in total. The lowest BCUT2D eigenvalue weighted by Crippen LogP contribution is -2.35.